The first-order chi connectivity index (χ1) is 5.03. The van der Waals surface area contributed by atoms with Gasteiger partial charge in [-0.2, -0.15) is 0 Å². The van der Waals surface area contributed by atoms with E-state index in [9.17, 15) is 4.79 Å². The van der Waals surface area contributed by atoms with Crippen molar-refractivity contribution in [3.05, 3.63) is 0 Å². The summed E-state index contributed by atoms with van der Waals surface area (Å²) in [6.45, 7) is 1.02. The Morgan fingerprint density at radius 1 is 1.73 bits per heavy atom. The molecular weight excluding hydrogens is 146 g/mol. The number of aliphatic hydroxyl groups is 1. The molecule has 1 aliphatic rings. The summed E-state index contributed by atoms with van der Waals surface area (Å²) in [6, 6.07) is 0. The number of ether oxygens (including phenoxy) is 1. The second-order valence-corrected chi connectivity index (χ2v) is 3.57. The first-order valence-electron chi connectivity index (χ1n) is 3.66. The Kier molecular flexibility index (Phi) is 2.15. The molecule has 0 aromatic carbocycles. The lowest BCUT2D eigenvalue weighted by Gasteiger charge is -2.35. The molecule has 0 saturated carbocycles. The Balaban J connectivity index is 2.58. The van der Waals surface area contributed by atoms with E-state index in [1.54, 1.807) is 0 Å². The van der Waals surface area contributed by atoms with E-state index in [0.717, 1.165) is 0 Å². The second kappa shape index (κ2) is 2.79. The fourth-order valence-corrected chi connectivity index (χ4v) is 1.32. The van der Waals surface area contributed by atoms with Crippen LogP contribution in [0.3, 0.4) is 0 Å². The third-order valence-electron chi connectivity index (χ3n) is 1.76. The molecule has 0 aromatic rings. The Hall–Kier alpha value is -0.610. The standard InChI is InChI=1S/C7H14NO3/c1-8(2)3-6(5-9)11-7(10)4-8/h6,9H,3-5H2,1-2H3/q+1. The van der Waals surface area contributed by atoms with Gasteiger partial charge in [-0.25, -0.2) is 4.79 Å². The smallest absolute Gasteiger partial charge is 0.362 e. The Morgan fingerprint density at radius 2 is 2.36 bits per heavy atom. The monoisotopic (exact) mass is 160 g/mol. The van der Waals surface area contributed by atoms with Gasteiger partial charge in [0.15, 0.2) is 12.6 Å². The molecule has 1 rings (SSSR count). The molecule has 1 heterocycles. The molecular formula is C7H14NO3+. The van der Waals surface area contributed by atoms with Gasteiger partial charge in [0.1, 0.15) is 6.54 Å². The molecule has 1 fully saturated rings. The number of aliphatic hydroxyl groups excluding tert-OH is 1. The SMILES string of the molecule is C[N+]1(C)CC(=O)OC(CO)C1. The Labute approximate surface area is 66.0 Å². The van der Waals surface area contributed by atoms with Gasteiger partial charge < -0.3 is 14.3 Å². The zero-order chi connectivity index (χ0) is 8.48. The molecule has 4 heteroatoms. The number of hydrogen-bond acceptors (Lipinski definition) is 3. The number of rotatable bonds is 1. The van der Waals surface area contributed by atoms with Crippen LogP contribution >= 0.6 is 0 Å². The number of quaternary nitrogens is 1. The van der Waals surface area contributed by atoms with E-state index >= 15 is 0 Å². The highest BCUT2D eigenvalue weighted by Gasteiger charge is 2.33. The van der Waals surface area contributed by atoms with Crippen molar-refractivity contribution >= 4 is 5.97 Å². The van der Waals surface area contributed by atoms with Crippen molar-refractivity contribution in [1.82, 2.24) is 0 Å². The summed E-state index contributed by atoms with van der Waals surface area (Å²) >= 11 is 0. The Morgan fingerprint density at radius 3 is 2.82 bits per heavy atom. The average molecular weight is 160 g/mol. The molecule has 0 radical (unpaired) electrons. The molecule has 1 atom stereocenters. The first kappa shape index (κ1) is 8.49. The van der Waals surface area contributed by atoms with Gasteiger partial charge in [-0.1, -0.05) is 0 Å². The molecule has 4 nitrogen and oxygen atoms in total. The van der Waals surface area contributed by atoms with Gasteiger partial charge >= 0.3 is 5.97 Å². The first-order valence-corrected chi connectivity index (χ1v) is 3.66. The fourth-order valence-electron chi connectivity index (χ4n) is 1.32. The van der Waals surface area contributed by atoms with E-state index in [0.29, 0.717) is 17.6 Å². The minimum Gasteiger partial charge on any atom is -0.450 e. The van der Waals surface area contributed by atoms with Crippen LogP contribution in [0.25, 0.3) is 0 Å². The summed E-state index contributed by atoms with van der Waals surface area (Å²) < 4.78 is 5.47. The maximum absolute atomic E-state index is 10.9. The molecule has 0 spiro atoms. The molecule has 1 N–H and O–H groups in total. The molecule has 0 amide bonds. The number of likely N-dealkylation sites (N-methyl/N-ethyl adjacent to an activating group) is 1. The van der Waals surface area contributed by atoms with Gasteiger partial charge in [0.25, 0.3) is 0 Å². The molecule has 1 unspecified atom stereocenters. The third kappa shape index (κ3) is 2.17. The average Bonchev–Trinajstić information content (AvgIpc) is 1.83. The van der Waals surface area contributed by atoms with Crippen LogP contribution in [0.5, 0.6) is 0 Å². The van der Waals surface area contributed by atoms with E-state index in [-0.39, 0.29) is 18.7 Å². The molecule has 64 valence electrons. The van der Waals surface area contributed by atoms with Crippen molar-refractivity contribution in [2.75, 3.05) is 33.8 Å². The van der Waals surface area contributed by atoms with Crippen LogP contribution in [0.4, 0.5) is 0 Å². The summed E-state index contributed by atoms with van der Waals surface area (Å²) in [5.74, 6) is -0.222. The van der Waals surface area contributed by atoms with Gasteiger partial charge in [-0.05, 0) is 0 Å². The third-order valence-corrected chi connectivity index (χ3v) is 1.76. The summed E-state index contributed by atoms with van der Waals surface area (Å²) in [4.78, 5) is 10.9. The molecule has 0 aromatic heterocycles. The lowest BCUT2D eigenvalue weighted by Crippen LogP contribution is -2.55. The predicted octanol–water partition coefficient (Wildman–Crippen LogP) is -1.02. The van der Waals surface area contributed by atoms with Crippen LogP contribution < -0.4 is 0 Å². The van der Waals surface area contributed by atoms with Crippen LogP contribution in [-0.4, -0.2) is 55.5 Å². The molecule has 1 saturated heterocycles. The number of esters is 1. The van der Waals surface area contributed by atoms with Crippen LogP contribution in [0, 0.1) is 0 Å². The lowest BCUT2D eigenvalue weighted by molar-refractivity contribution is -0.891. The topological polar surface area (TPSA) is 46.5 Å². The molecule has 11 heavy (non-hydrogen) atoms. The minimum absolute atomic E-state index is 0.0760. The Bertz CT molecular complexity index is 167. The van der Waals surface area contributed by atoms with Crippen molar-refractivity contribution in [3.8, 4) is 0 Å². The number of carbonyl (C=O) groups is 1. The largest absolute Gasteiger partial charge is 0.450 e. The normalized spacial score (nSPS) is 29.7. The van der Waals surface area contributed by atoms with E-state index in [1.807, 2.05) is 14.1 Å². The van der Waals surface area contributed by atoms with Crippen LogP contribution in [0.15, 0.2) is 0 Å². The van der Waals surface area contributed by atoms with E-state index in [2.05, 4.69) is 0 Å². The quantitative estimate of drug-likeness (QED) is 0.394. The number of carbonyl (C=O) groups excluding carboxylic acids is 1. The molecule has 0 aliphatic carbocycles. The van der Waals surface area contributed by atoms with Crippen LogP contribution in [0.2, 0.25) is 0 Å². The molecule has 0 bridgehead atoms. The van der Waals surface area contributed by atoms with Gasteiger partial charge in [0.2, 0.25) is 0 Å². The zero-order valence-corrected chi connectivity index (χ0v) is 6.91. The van der Waals surface area contributed by atoms with Gasteiger partial charge in [-0.15, -0.1) is 0 Å². The van der Waals surface area contributed by atoms with Crippen molar-refractivity contribution in [3.63, 3.8) is 0 Å². The van der Waals surface area contributed by atoms with E-state index < -0.39 is 0 Å². The number of nitrogens with zero attached hydrogens (tertiary/aromatic N) is 1. The van der Waals surface area contributed by atoms with Crippen LogP contribution in [-0.2, 0) is 9.53 Å². The maximum atomic E-state index is 10.9. The number of hydrogen-bond donors (Lipinski definition) is 1. The highest BCUT2D eigenvalue weighted by molar-refractivity contribution is 5.71. The van der Waals surface area contributed by atoms with Gasteiger partial charge in [0, 0.05) is 0 Å². The van der Waals surface area contributed by atoms with Gasteiger partial charge in [-0.3, -0.25) is 0 Å². The van der Waals surface area contributed by atoms with Crippen LogP contribution in [0.1, 0.15) is 0 Å². The van der Waals surface area contributed by atoms with E-state index in [1.165, 1.54) is 0 Å². The number of morpholine rings is 1. The van der Waals surface area contributed by atoms with E-state index in [4.69, 9.17) is 9.84 Å². The highest BCUT2D eigenvalue weighted by Crippen LogP contribution is 2.09. The van der Waals surface area contributed by atoms with Gasteiger partial charge in [0.05, 0.1) is 20.7 Å². The van der Waals surface area contributed by atoms with Crippen molar-refractivity contribution in [1.29, 1.82) is 0 Å². The minimum atomic E-state index is -0.314. The zero-order valence-electron chi connectivity index (χ0n) is 6.91. The molecule has 1 aliphatic heterocycles. The lowest BCUT2D eigenvalue weighted by atomic mass is 10.2. The van der Waals surface area contributed by atoms with Crippen molar-refractivity contribution in [2.24, 2.45) is 0 Å². The highest BCUT2D eigenvalue weighted by atomic mass is 16.6. The predicted molar refractivity (Wildman–Crippen MR) is 38.8 cm³/mol. The summed E-state index contributed by atoms with van der Waals surface area (Å²) in [6.07, 6.45) is -0.314. The summed E-state index contributed by atoms with van der Waals surface area (Å²) in [5, 5.41) is 8.75. The fraction of sp³-hybridized carbons (Fsp3) is 0.857. The van der Waals surface area contributed by atoms with Crippen molar-refractivity contribution in [2.45, 2.75) is 6.10 Å². The maximum Gasteiger partial charge on any atom is 0.362 e. The van der Waals surface area contributed by atoms with Crippen molar-refractivity contribution < 1.29 is 19.1 Å². The summed E-state index contributed by atoms with van der Waals surface area (Å²) in [7, 11) is 3.90. The summed E-state index contributed by atoms with van der Waals surface area (Å²) in [5.41, 5.74) is 0. The second-order valence-electron chi connectivity index (χ2n) is 3.57. The number of cyclic esters (lactones) is 1.